The molecule has 13 rings (SSSR count). The molecule has 8 aromatic carbocycles. The molecule has 0 bridgehead atoms. The van der Waals surface area contributed by atoms with Crippen molar-refractivity contribution < 1.29 is 0 Å². The first-order valence-electron chi connectivity index (χ1n) is 17.6. The van der Waals surface area contributed by atoms with Gasteiger partial charge in [0.15, 0.2) is 0 Å². The number of aryl methyl sites for hydroxylation is 1. The summed E-state index contributed by atoms with van der Waals surface area (Å²) in [5, 5.41) is 10.7. The number of rotatable bonds is 2. The summed E-state index contributed by atoms with van der Waals surface area (Å²) < 4.78 is 5.37. The second-order valence-corrected chi connectivity index (χ2v) is 14.5. The van der Waals surface area contributed by atoms with E-state index in [1.807, 2.05) is 0 Å². The van der Waals surface area contributed by atoms with Crippen LogP contribution in [0.25, 0.3) is 104 Å². The lowest BCUT2D eigenvalue weighted by molar-refractivity contribution is 1.30. The van der Waals surface area contributed by atoms with Gasteiger partial charge >= 0.3 is 6.85 Å². The summed E-state index contributed by atoms with van der Waals surface area (Å²) in [7, 11) is 0. The van der Waals surface area contributed by atoms with Crippen LogP contribution in [0, 0.1) is 6.92 Å². The Kier molecular flexibility index (Phi) is 4.43. The molecule has 2 aliphatic rings. The lowest BCUT2D eigenvalue weighted by Gasteiger charge is -2.32. The highest BCUT2D eigenvalue weighted by Gasteiger charge is 2.42. The van der Waals surface area contributed by atoms with Crippen molar-refractivity contribution in [2.24, 2.45) is 0 Å². The smallest absolute Gasteiger partial charge is 0.333 e. The van der Waals surface area contributed by atoms with E-state index >= 15 is 0 Å². The third kappa shape index (κ3) is 2.88. The predicted molar refractivity (Wildman–Crippen MR) is 213 cm³/mol. The van der Waals surface area contributed by atoms with E-state index in [1.165, 1.54) is 121 Å². The zero-order valence-corrected chi connectivity index (χ0v) is 27.3. The molecule has 0 amide bonds. The van der Waals surface area contributed by atoms with E-state index in [-0.39, 0.29) is 6.85 Å². The maximum absolute atomic E-state index is 2.71. The fourth-order valence-corrected chi connectivity index (χ4v) is 10.1. The van der Waals surface area contributed by atoms with Crippen LogP contribution in [-0.2, 0) is 0 Å². The molecule has 0 aliphatic carbocycles. The first-order valence-corrected chi connectivity index (χ1v) is 17.6. The van der Waals surface area contributed by atoms with Gasteiger partial charge in [0.1, 0.15) is 0 Å². The quantitative estimate of drug-likeness (QED) is 0.168. The van der Waals surface area contributed by atoms with Gasteiger partial charge in [0.2, 0.25) is 0 Å². The number of hydrogen-bond donors (Lipinski definition) is 0. The summed E-state index contributed by atoms with van der Waals surface area (Å²) >= 11 is 0. The highest BCUT2D eigenvalue weighted by molar-refractivity contribution is 6.91. The molecule has 11 aromatic rings. The number of nitrogens with zero attached hydrogens (tertiary/aromatic N) is 2. The molecular formula is C47H27BN2. The number of benzene rings is 8. The Morgan fingerprint density at radius 2 is 1.10 bits per heavy atom. The summed E-state index contributed by atoms with van der Waals surface area (Å²) in [5.74, 6) is 0. The Balaban J connectivity index is 1.29. The van der Waals surface area contributed by atoms with E-state index in [0.717, 1.165) is 0 Å². The lowest BCUT2D eigenvalue weighted by atomic mass is 9.45. The van der Waals surface area contributed by atoms with Crippen LogP contribution in [0.5, 0.6) is 0 Å². The van der Waals surface area contributed by atoms with E-state index in [2.05, 4.69) is 161 Å². The molecule has 3 aromatic heterocycles. The second kappa shape index (κ2) is 8.63. The second-order valence-electron chi connectivity index (χ2n) is 14.5. The first kappa shape index (κ1) is 25.7. The Labute approximate surface area is 287 Å². The standard InChI is InChI=1S/C47H27BN2/c1-26-19-36-34-18-10-17-33-35-20-29-15-8-9-16-30(29)25-41(35)50(45(33)34)48-40-24-32(28-13-6-3-7-14-28)22-38-37-21-31(27-11-4-2-5-12-27)23-39-42(26)47(43(36)48)49(44(37)39)46(38)40/h2-25H,1H3. The van der Waals surface area contributed by atoms with Gasteiger partial charge in [-0.15, -0.1) is 0 Å². The minimum Gasteiger partial charge on any atom is -0.375 e. The average Bonchev–Trinajstić information content (AvgIpc) is 3.81. The van der Waals surface area contributed by atoms with Crippen LogP contribution in [0.15, 0.2) is 146 Å². The molecule has 0 spiro atoms. The van der Waals surface area contributed by atoms with Gasteiger partial charge in [-0.05, 0) is 92.3 Å². The molecule has 0 fully saturated rings. The van der Waals surface area contributed by atoms with E-state index in [9.17, 15) is 0 Å². The van der Waals surface area contributed by atoms with Crippen LogP contribution in [-0.4, -0.2) is 15.7 Å². The van der Waals surface area contributed by atoms with Gasteiger partial charge in [-0.3, -0.25) is 0 Å². The van der Waals surface area contributed by atoms with Crippen molar-refractivity contribution in [1.82, 2.24) is 8.88 Å². The van der Waals surface area contributed by atoms with Gasteiger partial charge in [0, 0.05) is 48.9 Å². The average molecular weight is 631 g/mol. The molecule has 0 unspecified atom stereocenters. The third-order valence-corrected chi connectivity index (χ3v) is 12.0. The van der Waals surface area contributed by atoms with E-state index in [4.69, 9.17) is 0 Å². The van der Waals surface area contributed by atoms with Crippen LogP contribution in [0.3, 0.4) is 0 Å². The van der Waals surface area contributed by atoms with Crippen molar-refractivity contribution in [2.45, 2.75) is 6.92 Å². The largest absolute Gasteiger partial charge is 0.375 e. The fraction of sp³-hybridized carbons (Fsp3) is 0.0213. The number of aromatic nitrogens is 2. The van der Waals surface area contributed by atoms with Gasteiger partial charge in [-0.1, -0.05) is 115 Å². The van der Waals surface area contributed by atoms with Crippen LogP contribution >= 0.6 is 0 Å². The monoisotopic (exact) mass is 630 g/mol. The van der Waals surface area contributed by atoms with Crippen LogP contribution in [0.4, 0.5) is 0 Å². The maximum Gasteiger partial charge on any atom is 0.333 e. The minimum absolute atomic E-state index is 0.0426. The minimum atomic E-state index is 0.0426. The topological polar surface area (TPSA) is 9.34 Å². The lowest BCUT2D eigenvalue weighted by Crippen LogP contribution is -2.54. The predicted octanol–water partition coefficient (Wildman–Crippen LogP) is 10.7. The fourth-order valence-electron chi connectivity index (χ4n) is 10.1. The zero-order chi connectivity index (χ0) is 32.4. The molecule has 0 radical (unpaired) electrons. The molecule has 0 saturated carbocycles. The molecule has 0 N–H and O–H groups in total. The highest BCUT2D eigenvalue weighted by atomic mass is 15.0. The Bertz CT molecular complexity index is 3310. The van der Waals surface area contributed by atoms with E-state index in [0.29, 0.717) is 0 Å². The van der Waals surface area contributed by atoms with Gasteiger partial charge < -0.3 is 8.88 Å². The van der Waals surface area contributed by atoms with E-state index in [1.54, 1.807) is 0 Å². The molecule has 50 heavy (non-hydrogen) atoms. The molecule has 2 aliphatic heterocycles. The van der Waals surface area contributed by atoms with Crippen molar-refractivity contribution in [2.75, 3.05) is 0 Å². The van der Waals surface area contributed by atoms with Gasteiger partial charge in [-0.25, -0.2) is 0 Å². The van der Waals surface area contributed by atoms with Gasteiger partial charge in [0.05, 0.1) is 16.6 Å². The molecule has 5 heterocycles. The summed E-state index contributed by atoms with van der Waals surface area (Å²) in [4.78, 5) is 0. The SMILES string of the molecule is Cc1cc2c3c4c1c1cc(-c5ccccc5)cc5c6cc(-c7ccccc7)cc(c6n4c51)B3n1c3cc4ccccc4cc3c3cccc-2c31. The normalized spacial score (nSPS) is 13.3. The number of para-hydroxylation sites is 1. The summed E-state index contributed by atoms with van der Waals surface area (Å²) in [6, 6.07) is 54.9. The summed E-state index contributed by atoms with van der Waals surface area (Å²) in [5.41, 5.74) is 18.7. The van der Waals surface area contributed by atoms with Crippen molar-refractivity contribution in [3.63, 3.8) is 0 Å². The Hall–Kier alpha value is -6.32. The van der Waals surface area contributed by atoms with Crippen molar-refractivity contribution in [3.8, 4) is 33.4 Å². The summed E-state index contributed by atoms with van der Waals surface area (Å²) in [6.07, 6.45) is 0. The molecule has 0 saturated heterocycles. The Morgan fingerprint density at radius 3 is 1.86 bits per heavy atom. The van der Waals surface area contributed by atoms with Gasteiger partial charge in [-0.2, -0.15) is 0 Å². The third-order valence-electron chi connectivity index (χ3n) is 12.0. The highest BCUT2D eigenvalue weighted by Crippen LogP contribution is 2.48. The van der Waals surface area contributed by atoms with Gasteiger partial charge in [0.25, 0.3) is 0 Å². The summed E-state index contributed by atoms with van der Waals surface area (Å²) in [6.45, 7) is 2.37. The van der Waals surface area contributed by atoms with E-state index < -0.39 is 0 Å². The van der Waals surface area contributed by atoms with Crippen LogP contribution in [0.2, 0.25) is 0 Å². The van der Waals surface area contributed by atoms with Crippen molar-refractivity contribution >= 4 is 88.4 Å². The molecule has 228 valence electrons. The van der Waals surface area contributed by atoms with Crippen molar-refractivity contribution in [3.05, 3.63) is 151 Å². The first-order chi connectivity index (χ1) is 24.7. The van der Waals surface area contributed by atoms with Crippen LogP contribution < -0.4 is 10.9 Å². The molecule has 3 heteroatoms. The van der Waals surface area contributed by atoms with Crippen molar-refractivity contribution in [1.29, 1.82) is 0 Å². The molecule has 2 nitrogen and oxygen atoms in total. The molecular weight excluding hydrogens is 603 g/mol. The van der Waals surface area contributed by atoms with Crippen LogP contribution in [0.1, 0.15) is 5.56 Å². The number of fused-ring (bicyclic) bond motifs is 9. The Morgan fingerprint density at radius 1 is 0.440 bits per heavy atom. The zero-order valence-electron chi connectivity index (χ0n) is 27.3. The maximum atomic E-state index is 2.71. The molecule has 0 atom stereocenters. The number of hydrogen-bond acceptors (Lipinski definition) is 0.